The van der Waals surface area contributed by atoms with E-state index in [4.69, 9.17) is 16.3 Å². The molecule has 2 fully saturated rings. The van der Waals surface area contributed by atoms with Crippen LogP contribution in [0.2, 0.25) is 0 Å². The fourth-order valence-corrected chi connectivity index (χ4v) is 6.50. The molecule has 6 heteroatoms. The molecule has 37 heavy (non-hydrogen) atoms. The van der Waals surface area contributed by atoms with Crippen molar-refractivity contribution in [3.8, 4) is 0 Å². The lowest BCUT2D eigenvalue weighted by Crippen LogP contribution is -2.48. The number of allylic oxidation sites excluding steroid dienone is 4. The van der Waals surface area contributed by atoms with Gasteiger partial charge in [-0.05, 0) is 62.6 Å². The highest BCUT2D eigenvalue weighted by molar-refractivity contribution is 6.31. The van der Waals surface area contributed by atoms with Gasteiger partial charge in [0.2, 0.25) is 0 Å². The molecule has 3 N–H and O–H groups in total. The van der Waals surface area contributed by atoms with Crippen molar-refractivity contribution in [2.75, 3.05) is 39.8 Å². The van der Waals surface area contributed by atoms with Crippen LogP contribution in [0.5, 0.6) is 0 Å². The van der Waals surface area contributed by atoms with Crippen LogP contribution in [-0.4, -0.2) is 56.9 Å². The van der Waals surface area contributed by atoms with Crippen molar-refractivity contribution in [1.29, 1.82) is 0 Å². The van der Waals surface area contributed by atoms with Crippen LogP contribution < -0.4 is 16.0 Å². The largest absolute Gasteiger partial charge is 0.387 e. The number of nitrogens with zero attached hydrogens (tertiary/aromatic N) is 1. The van der Waals surface area contributed by atoms with Crippen molar-refractivity contribution in [2.24, 2.45) is 17.8 Å². The van der Waals surface area contributed by atoms with Gasteiger partial charge in [-0.3, -0.25) is 0 Å². The molecular formula is C31H53ClN4O. The fraction of sp³-hybridized carbons (Fsp3) is 0.742. The predicted octanol–water partition coefficient (Wildman–Crippen LogP) is 6.31. The average Bonchev–Trinajstić information content (AvgIpc) is 2.91. The van der Waals surface area contributed by atoms with Gasteiger partial charge in [-0.1, -0.05) is 76.8 Å². The van der Waals surface area contributed by atoms with E-state index in [0.29, 0.717) is 24.5 Å². The number of nitrogens with one attached hydrogen (secondary N) is 3. The molecule has 3 unspecified atom stereocenters. The van der Waals surface area contributed by atoms with E-state index in [-0.39, 0.29) is 6.10 Å². The molecule has 1 aliphatic heterocycles. The summed E-state index contributed by atoms with van der Waals surface area (Å²) in [6.07, 6.45) is 16.8. The monoisotopic (exact) mass is 532 g/mol. The summed E-state index contributed by atoms with van der Waals surface area (Å²) < 4.78 is 6.64. The minimum Gasteiger partial charge on any atom is -0.387 e. The van der Waals surface area contributed by atoms with Gasteiger partial charge in [-0.15, -0.1) is 0 Å². The topological polar surface area (TPSA) is 48.6 Å². The number of likely N-dealkylation sites (N-methyl/N-ethyl adjacent to an activating group) is 1. The molecule has 0 bridgehead atoms. The molecular weight excluding hydrogens is 480 g/mol. The fourth-order valence-electron chi connectivity index (χ4n) is 6.29. The zero-order valence-electron chi connectivity index (χ0n) is 23.8. The number of likely N-dealkylation sites (tertiary alicyclic amines) is 1. The summed E-state index contributed by atoms with van der Waals surface area (Å²) in [5.74, 6) is 2.77. The summed E-state index contributed by atoms with van der Waals surface area (Å²) >= 11 is 6.49. The maximum atomic E-state index is 6.64. The molecule has 0 spiro atoms. The third kappa shape index (κ3) is 9.67. The van der Waals surface area contributed by atoms with Crippen molar-refractivity contribution in [3.63, 3.8) is 0 Å². The quantitative estimate of drug-likeness (QED) is 0.216. The maximum Gasteiger partial charge on any atom is 0.0941 e. The van der Waals surface area contributed by atoms with E-state index in [1.165, 1.54) is 44.1 Å². The van der Waals surface area contributed by atoms with Gasteiger partial charge in [0.1, 0.15) is 0 Å². The molecule has 0 amide bonds. The Hall–Kier alpha value is -1.43. The van der Waals surface area contributed by atoms with Crippen LogP contribution in [0, 0.1) is 17.8 Å². The Labute approximate surface area is 232 Å². The Kier molecular flexibility index (Phi) is 12.9. The molecule has 1 saturated carbocycles. The van der Waals surface area contributed by atoms with Crippen molar-refractivity contribution < 1.29 is 4.74 Å². The molecule has 0 aromatic rings. The minimum absolute atomic E-state index is 0.0695. The molecule has 210 valence electrons. The van der Waals surface area contributed by atoms with Crippen molar-refractivity contribution in [1.82, 2.24) is 20.9 Å². The van der Waals surface area contributed by atoms with Gasteiger partial charge in [-0.25, -0.2) is 0 Å². The summed E-state index contributed by atoms with van der Waals surface area (Å²) in [6, 6.07) is 0.427. The van der Waals surface area contributed by atoms with Crippen LogP contribution in [0.25, 0.3) is 0 Å². The lowest BCUT2D eigenvalue weighted by atomic mass is 9.80. The first-order valence-corrected chi connectivity index (χ1v) is 15.2. The summed E-state index contributed by atoms with van der Waals surface area (Å²) in [4.78, 5) is 2.47. The van der Waals surface area contributed by atoms with Crippen molar-refractivity contribution in [3.05, 3.63) is 47.4 Å². The number of ether oxygens (including phenoxy) is 1. The zero-order chi connectivity index (χ0) is 26.6. The second-order valence-corrected chi connectivity index (χ2v) is 11.9. The molecule has 3 aliphatic rings. The van der Waals surface area contributed by atoms with Gasteiger partial charge in [0.05, 0.1) is 18.5 Å². The highest BCUT2D eigenvalue weighted by Crippen LogP contribution is 2.35. The second kappa shape index (κ2) is 15.9. The lowest BCUT2D eigenvalue weighted by molar-refractivity contribution is 0.00876. The van der Waals surface area contributed by atoms with E-state index in [1.54, 1.807) is 0 Å². The first kappa shape index (κ1) is 30.1. The van der Waals surface area contributed by atoms with Crippen LogP contribution in [0.15, 0.2) is 47.4 Å². The number of rotatable bonds is 15. The third-order valence-corrected chi connectivity index (χ3v) is 8.76. The number of hydrogen-bond acceptors (Lipinski definition) is 5. The van der Waals surface area contributed by atoms with E-state index in [1.807, 2.05) is 0 Å². The van der Waals surface area contributed by atoms with Crippen LogP contribution in [0.3, 0.4) is 0 Å². The number of piperidine rings is 1. The van der Waals surface area contributed by atoms with E-state index >= 15 is 0 Å². The van der Waals surface area contributed by atoms with E-state index in [2.05, 4.69) is 67.1 Å². The van der Waals surface area contributed by atoms with Crippen LogP contribution >= 0.6 is 11.6 Å². The molecule has 0 aromatic heterocycles. The van der Waals surface area contributed by atoms with Crippen molar-refractivity contribution in [2.45, 2.75) is 90.2 Å². The van der Waals surface area contributed by atoms with Gasteiger partial charge < -0.3 is 25.6 Å². The smallest absolute Gasteiger partial charge is 0.0941 e. The molecule has 3 rings (SSSR count). The lowest BCUT2D eigenvalue weighted by Gasteiger charge is -2.42. The minimum atomic E-state index is 0.0695. The van der Waals surface area contributed by atoms with Crippen LogP contribution in [0.1, 0.15) is 78.1 Å². The Morgan fingerprint density at radius 1 is 1.19 bits per heavy atom. The summed E-state index contributed by atoms with van der Waals surface area (Å²) in [6.45, 7) is 17.4. The van der Waals surface area contributed by atoms with Gasteiger partial charge in [0, 0.05) is 48.9 Å². The molecule has 4 atom stereocenters. The first-order valence-electron chi connectivity index (χ1n) is 14.9. The SMILES string of the molecule is C=C(CC)NCCOC(C1=CC(Cl)=CCC1C)C1CCCN(C(=C)N[C@H](CNC)CC2CCCCC2)C1. The van der Waals surface area contributed by atoms with E-state index in [0.717, 1.165) is 74.3 Å². The van der Waals surface area contributed by atoms with Gasteiger partial charge in [0.25, 0.3) is 0 Å². The second-order valence-electron chi connectivity index (χ2n) is 11.5. The zero-order valence-corrected chi connectivity index (χ0v) is 24.6. The molecule has 0 aromatic carbocycles. The molecule has 2 aliphatic carbocycles. The Morgan fingerprint density at radius 3 is 2.70 bits per heavy atom. The normalized spacial score (nSPS) is 24.6. The van der Waals surface area contributed by atoms with Gasteiger partial charge in [0.15, 0.2) is 0 Å². The van der Waals surface area contributed by atoms with E-state index in [9.17, 15) is 0 Å². The molecule has 1 heterocycles. The summed E-state index contributed by atoms with van der Waals surface area (Å²) in [5.41, 5.74) is 2.41. The maximum absolute atomic E-state index is 6.64. The molecule has 5 nitrogen and oxygen atoms in total. The van der Waals surface area contributed by atoms with Crippen LogP contribution in [-0.2, 0) is 4.74 Å². The number of hydrogen-bond donors (Lipinski definition) is 3. The Balaban J connectivity index is 1.64. The molecule has 1 saturated heterocycles. The van der Waals surface area contributed by atoms with Crippen LogP contribution in [0.4, 0.5) is 0 Å². The number of halogens is 1. The standard InChI is InChI=1S/C31H53ClN4O/c1-6-24(3)34-16-18-37-31(30-20-28(32)15-14-23(30)2)27-13-10-17-36(22-27)25(4)35-29(21-33-5)19-26-11-8-7-9-12-26/h15,20,23,26-27,29,31,33-35H,3-4,6-14,16-19,21-22H2,1-2,5H3/t23?,27?,29-,31?/m0/s1. The Morgan fingerprint density at radius 2 is 1.97 bits per heavy atom. The highest BCUT2D eigenvalue weighted by atomic mass is 35.5. The summed E-state index contributed by atoms with van der Waals surface area (Å²) in [5, 5.41) is 11.5. The van der Waals surface area contributed by atoms with Gasteiger partial charge in [-0.2, -0.15) is 0 Å². The first-order chi connectivity index (χ1) is 17.9. The predicted molar refractivity (Wildman–Crippen MR) is 158 cm³/mol. The van der Waals surface area contributed by atoms with Gasteiger partial charge >= 0.3 is 0 Å². The average molecular weight is 533 g/mol. The summed E-state index contributed by atoms with van der Waals surface area (Å²) in [7, 11) is 2.06. The Bertz CT molecular complexity index is 788. The third-order valence-electron chi connectivity index (χ3n) is 8.50. The molecule has 0 radical (unpaired) electrons. The van der Waals surface area contributed by atoms with Crippen molar-refractivity contribution >= 4 is 11.6 Å². The van der Waals surface area contributed by atoms with E-state index < -0.39 is 0 Å². The highest BCUT2D eigenvalue weighted by Gasteiger charge is 2.34.